The molecule has 1 aromatic heterocycles. The van der Waals surface area contributed by atoms with Crippen LogP contribution in [0.3, 0.4) is 0 Å². The van der Waals surface area contributed by atoms with Gasteiger partial charge in [0.2, 0.25) is 5.82 Å². The van der Waals surface area contributed by atoms with Gasteiger partial charge in [0.1, 0.15) is 5.82 Å². The first kappa shape index (κ1) is 11.1. The van der Waals surface area contributed by atoms with Crippen molar-refractivity contribution in [1.29, 1.82) is 0 Å². The van der Waals surface area contributed by atoms with Gasteiger partial charge < -0.3 is 10.0 Å². The van der Waals surface area contributed by atoms with E-state index in [0.29, 0.717) is 19.5 Å². The van der Waals surface area contributed by atoms with Gasteiger partial charge in [-0.25, -0.2) is 4.98 Å². The molecule has 6 nitrogen and oxygen atoms in total. The highest BCUT2D eigenvalue weighted by Gasteiger charge is 2.27. The maximum Gasteiger partial charge on any atom is 0.293 e. The number of aromatic amines is 1. The fourth-order valence-corrected chi connectivity index (χ4v) is 1.81. The van der Waals surface area contributed by atoms with E-state index in [2.05, 4.69) is 15.2 Å². The summed E-state index contributed by atoms with van der Waals surface area (Å²) >= 11 is 0. The lowest BCUT2D eigenvalue weighted by Gasteiger charge is -2.12. The van der Waals surface area contributed by atoms with E-state index >= 15 is 0 Å². The molecular formula is C10H16N4O2. The van der Waals surface area contributed by atoms with Crippen LogP contribution in [-0.4, -0.2) is 50.3 Å². The van der Waals surface area contributed by atoms with Crippen molar-refractivity contribution in [3.8, 4) is 0 Å². The molecule has 1 aliphatic heterocycles. The number of H-pyrrole nitrogens is 1. The zero-order valence-electron chi connectivity index (χ0n) is 9.31. The van der Waals surface area contributed by atoms with Crippen molar-refractivity contribution < 1.29 is 9.90 Å². The average molecular weight is 224 g/mol. The second-order valence-corrected chi connectivity index (χ2v) is 4.05. The number of rotatable bonds is 3. The molecular weight excluding hydrogens is 208 g/mol. The van der Waals surface area contributed by atoms with Crippen molar-refractivity contribution in [1.82, 2.24) is 20.1 Å². The number of aliphatic hydroxyl groups is 1. The Morgan fingerprint density at radius 3 is 3.12 bits per heavy atom. The Bertz CT molecular complexity index is 377. The van der Waals surface area contributed by atoms with E-state index in [9.17, 15) is 9.90 Å². The summed E-state index contributed by atoms with van der Waals surface area (Å²) in [6, 6.07) is 0. The predicted molar refractivity (Wildman–Crippen MR) is 56.9 cm³/mol. The third kappa shape index (κ3) is 2.21. The van der Waals surface area contributed by atoms with Crippen molar-refractivity contribution in [3.63, 3.8) is 0 Å². The number of hydrogen-bond donors (Lipinski definition) is 2. The quantitative estimate of drug-likeness (QED) is 0.755. The minimum Gasteiger partial charge on any atom is -0.391 e. The molecule has 1 amide bonds. The zero-order valence-corrected chi connectivity index (χ0v) is 9.31. The number of nitrogens with one attached hydrogen (secondary N) is 1. The van der Waals surface area contributed by atoms with Crippen LogP contribution < -0.4 is 0 Å². The number of carbonyl (C=O) groups is 1. The Kier molecular flexibility index (Phi) is 3.19. The normalized spacial score (nSPS) is 20.4. The summed E-state index contributed by atoms with van der Waals surface area (Å²) in [6.45, 7) is 3.01. The zero-order chi connectivity index (χ0) is 11.5. The molecule has 0 aliphatic carbocycles. The lowest BCUT2D eigenvalue weighted by molar-refractivity contribution is 0.0753. The summed E-state index contributed by atoms with van der Waals surface area (Å²) in [5.74, 6) is 0.748. The second kappa shape index (κ2) is 4.61. The number of aryl methyl sites for hydroxylation is 1. The van der Waals surface area contributed by atoms with Crippen LogP contribution in [0.2, 0.25) is 0 Å². The van der Waals surface area contributed by atoms with E-state index < -0.39 is 6.10 Å². The number of aromatic nitrogens is 3. The molecule has 2 N–H and O–H groups in total. The molecule has 1 saturated heterocycles. The lowest BCUT2D eigenvalue weighted by atomic mass is 10.3. The maximum atomic E-state index is 11.9. The molecule has 2 heterocycles. The standard InChI is InChI=1S/C10H16N4O2/c1-2-3-8-11-9(13-12-8)10(16)14-5-4-7(15)6-14/h7,15H,2-6H2,1H3,(H,11,12,13). The fraction of sp³-hybridized carbons (Fsp3) is 0.700. The van der Waals surface area contributed by atoms with Gasteiger partial charge in [-0.15, -0.1) is 5.10 Å². The predicted octanol–water partition coefficient (Wildman–Crippen LogP) is -0.0360. The van der Waals surface area contributed by atoms with Gasteiger partial charge in [-0.2, -0.15) is 0 Å². The molecule has 1 aromatic rings. The first-order valence-electron chi connectivity index (χ1n) is 5.59. The molecule has 16 heavy (non-hydrogen) atoms. The van der Waals surface area contributed by atoms with Crippen molar-refractivity contribution >= 4 is 5.91 Å². The van der Waals surface area contributed by atoms with Gasteiger partial charge in [0.15, 0.2) is 0 Å². The van der Waals surface area contributed by atoms with E-state index in [0.717, 1.165) is 18.7 Å². The number of β-amino-alcohol motifs (C(OH)–C–C–N with tert-alkyl or cyclic N) is 1. The number of carbonyl (C=O) groups excluding carboxylic acids is 1. The van der Waals surface area contributed by atoms with Crippen molar-refractivity contribution in [2.75, 3.05) is 13.1 Å². The molecule has 1 fully saturated rings. The molecule has 88 valence electrons. The molecule has 1 unspecified atom stereocenters. The smallest absolute Gasteiger partial charge is 0.293 e. The monoisotopic (exact) mass is 224 g/mol. The molecule has 1 aliphatic rings. The SMILES string of the molecule is CCCc1nc(C(=O)N2CCC(O)C2)n[nH]1. The van der Waals surface area contributed by atoms with E-state index in [4.69, 9.17) is 0 Å². The van der Waals surface area contributed by atoms with E-state index in [1.807, 2.05) is 6.92 Å². The molecule has 6 heteroatoms. The summed E-state index contributed by atoms with van der Waals surface area (Å²) < 4.78 is 0. The highest BCUT2D eigenvalue weighted by molar-refractivity contribution is 5.90. The summed E-state index contributed by atoms with van der Waals surface area (Å²) in [5.41, 5.74) is 0. The van der Waals surface area contributed by atoms with Gasteiger partial charge in [-0.1, -0.05) is 6.92 Å². The fourth-order valence-electron chi connectivity index (χ4n) is 1.81. The van der Waals surface area contributed by atoms with Crippen LogP contribution in [0.5, 0.6) is 0 Å². The molecule has 0 spiro atoms. The van der Waals surface area contributed by atoms with E-state index in [1.54, 1.807) is 4.90 Å². The van der Waals surface area contributed by atoms with Crippen LogP contribution in [0.1, 0.15) is 36.2 Å². The molecule has 2 rings (SSSR count). The molecule has 0 radical (unpaired) electrons. The summed E-state index contributed by atoms with van der Waals surface area (Å²) in [7, 11) is 0. The van der Waals surface area contributed by atoms with Crippen molar-refractivity contribution in [2.45, 2.75) is 32.3 Å². The maximum absolute atomic E-state index is 11.9. The van der Waals surface area contributed by atoms with Crippen LogP contribution >= 0.6 is 0 Å². The number of nitrogens with zero attached hydrogens (tertiary/aromatic N) is 3. The largest absolute Gasteiger partial charge is 0.391 e. The third-order valence-electron chi connectivity index (χ3n) is 2.66. The minimum atomic E-state index is -0.405. The van der Waals surface area contributed by atoms with E-state index in [-0.39, 0.29) is 11.7 Å². The second-order valence-electron chi connectivity index (χ2n) is 4.05. The number of hydrogen-bond acceptors (Lipinski definition) is 4. The summed E-state index contributed by atoms with van der Waals surface area (Å²) in [6.07, 6.45) is 1.99. The summed E-state index contributed by atoms with van der Waals surface area (Å²) in [4.78, 5) is 17.6. The Hall–Kier alpha value is -1.43. The topological polar surface area (TPSA) is 82.1 Å². The van der Waals surface area contributed by atoms with Gasteiger partial charge in [0.25, 0.3) is 5.91 Å². The van der Waals surface area contributed by atoms with Crippen LogP contribution in [0.4, 0.5) is 0 Å². The Balaban J connectivity index is 2.03. The Morgan fingerprint density at radius 1 is 1.69 bits per heavy atom. The average Bonchev–Trinajstić information content (AvgIpc) is 2.87. The lowest BCUT2D eigenvalue weighted by Crippen LogP contribution is -2.30. The third-order valence-corrected chi connectivity index (χ3v) is 2.66. The van der Waals surface area contributed by atoms with Crippen LogP contribution in [-0.2, 0) is 6.42 Å². The summed E-state index contributed by atoms with van der Waals surface area (Å²) in [5, 5.41) is 16.0. The van der Waals surface area contributed by atoms with Gasteiger partial charge in [-0.05, 0) is 12.8 Å². The van der Waals surface area contributed by atoms with Gasteiger partial charge in [0.05, 0.1) is 6.10 Å². The van der Waals surface area contributed by atoms with Gasteiger partial charge in [-0.3, -0.25) is 9.89 Å². The Labute approximate surface area is 93.7 Å². The molecule has 0 saturated carbocycles. The minimum absolute atomic E-state index is 0.199. The Morgan fingerprint density at radius 2 is 2.50 bits per heavy atom. The first-order chi connectivity index (χ1) is 7.70. The number of amides is 1. The molecule has 0 bridgehead atoms. The van der Waals surface area contributed by atoms with Gasteiger partial charge >= 0.3 is 0 Å². The van der Waals surface area contributed by atoms with Crippen molar-refractivity contribution in [2.24, 2.45) is 0 Å². The molecule has 1 atom stereocenters. The highest BCUT2D eigenvalue weighted by Crippen LogP contribution is 2.11. The molecule has 0 aromatic carbocycles. The van der Waals surface area contributed by atoms with Crippen LogP contribution in [0.15, 0.2) is 0 Å². The van der Waals surface area contributed by atoms with Crippen LogP contribution in [0.25, 0.3) is 0 Å². The van der Waals surface area contributed by atoms with E-state index in [1.165, 1.54) is 0 Å². The highest BCUT2D eigenvalue weighted by atomic mass is 16.3. The van der Waals surface area contributed by atoms with Crippen molar-refractivity contribution in [3.05, 3.63) is 11.6 Å². The number of likely N-dealkylation sites (tertiary alicyclic amines) is 1. The first-order valence-corrected chi connectivity index (χ1v) is 5.59. The van der Waals surface area contributed by atoms with Gasteiger partial charge in [0, 0.05) is 19.5 Å². The number of aliphatic hydroxyl groups excluding tert-OH is 1. The van der Waals surface area contributed by atoms with Crippen LogP contribution in [0, 0.1) is 0 Å².